The van der Waals surface area contributed by atoms with Crippen LogP contribution in [0.2, 0.25) is 0 Å². The topological polar surface area (TPSA) is 26.3 Å². The molecule has 2 nitrogen and oxygen atoms in total. The summed E-state index contributed by atoms with van der Waals surface area (Å²) in [6.45, 7) is 2.00. The Hall–Kier alpha value is -0.830. The number of hydrogen-bond acceptors (Lipinski definition) is 2. The van der Waals surface area contributed by atoms with Crippen LogP contribution < -0.4 is 4.74 Å². The third-order valence-corrected chi connectivity index (χ3v) is 4.99. The molecule has 0 aromatic heterocycles. The third kappa shape index (κ3) is 1.99. The number of halogens is 1. The zero-order chi connectivity index (χ0) is 12.8. The van der Waals surface area contributed by atoms with Crippen molar-refractivity contribution in [3.05, 3.63) is 27.7 Å². The summed E-state index contributed by atoms with van der Waals surface area (Å²) in [6.07, 6.45) is 6.21. The van der Waals surface area contributed by atoms with Crippen LogP contribution in [-0.2, 0) is 0 Å². The lowest BCUT2D eigenvalue weighted by atomic mass is 9.78. The summed E-state index contributed by atoms with van der Waals surface area (Å²) < 4.78 is 7.23. The highest BCUT2D eigenvalue weighted by atomic mass is 79.9. The Morgan fingerprint density at radius 1 is 1.22 bits per heavy atom. The Kier molecular flexibility index (Phi) is 2.97. The number of Topliss-reactive ketones (excluding diaryl/α,β-unsaturated/α-hetero) is 1. The molecule has 0 radical (unpaired) electrons. The Morgan fingerprint density at radius 3 is 2.67 bits per heavy atom. The van der Waals surface area contributed by atoms with E-state index in [2.05, 4.69) is 15.9 Å². The number of fused-ring (bicyclic) bond motifs is 1. The van der Waals surface area contributed by atoms with Gasteiger partial charge in [-0.25, -0.2) is 0 Å². The Balaban J connectivity index is 2.01. The monoisotopic (exact) mass is 308 g/mol. The smallest absolute Gasteiger partial charge is 0.170 e. The van der Waals surface area contributed by atoms with Crippen LogP contribution in [0.25, 0.3) is 0 Å². The Bertz CT molecular complexity index is 501. The van der Waals surface area contributed by atoms with Crippen LogP contribution in [0.15, 0.2) is 16.6 Å². The lowest BCUT2D eigenvalue weighted by molar-refractivity contribution is 0.0135. The summed E-state index contributed by atoms with van der Waals surface area (Å²) in [5.74, 6) is 1.01. The quantitative estimate of drug-likeness (QED) is 0.709. The number of ketones is 1. The highest BCUT2D eigenvalue weighted by Gasteiger charge is 2.41. The van der Waals surface area contributed by atoms with E-state index in [1.165, 1.54) is 19.3 Å². The first-order valence-corrected chi connectivity index (χ1v) is 7.41. The van der Waals surface area contributed by atoms with Gasteiger partial charge in [0, 0.05) is 4.47 Å². The second kappa shape index (κ2) is 4.37. The normalized spacial score (nSPS) is 21.6. The average Bonchev–Trinajstić information content (AvgIpc) is 2.33. The molecule has 3 rings (SSSR count). The van der Waals surface area contributed by atoms with Gasteiger partial charge in [-0.05, 0) is 50.3 Å². The predicted octanol–water partition coefficient (Wildman–Crippen LogP) is 4.43. The molecule has 1 spiro atoms. The molecule has 2 aliphatic rings. The van der Waals surface area contributed by atoms with Gasteiger partial charge in [-0.15, -0.1) is 0 Å². The molecule has 3 heteroatoms. The van der Waals surface area contributed by atoms with Gasteiger partial charge < -0.3 is 4.74 Å². The molecule has 0 bridgehead atoms. The molecule has 1 aromatic rings. The lowest BCUT2D eigenvalue weighted by Crippen LogP contribution is -2.43. The van der Waals surface area contributed by atoms with Crippen molar-refractivity contribution in [2.75, 3.05) is 0 Å². The van der Waals surface area contributed by atoms with Gasteiger partial charge in [-0.1, -0.05) is 22.4 Å². The lowest BCUT2D eigenvalue weighted by Gasteiger charge is -2.40. The van der Waals surface area contributed by atoms with Crippen LogP contribution >= 0.6 is 15.9 Å². The molecular weight excluding hydrogens is 292 g/mol. The largest absolute Gasteiger partial charge is 0.486 e. The minimum Gasteiger partial charge on any atom is -0.486 e. The molecule has 96 valence electrons. The van der Waals surface area contributed by atoms with Gasteiger partial charge in [0.05, 0.1) is 12.0 Å². The van der Waals surface area contributed by atoms with Crippen molar-refractivity contribution in [1.29, 1.82) is 0 Å². The van der Waals surface area contributed by atoms with Crippen molar-refractivity contribution in [2.24, 2.45) is 0 Å². The van der Waals surface area contributed by atoms with Crippen molar-refractivity contribution in [2.45, 2.75) is 51.0 Å². The summed E-state index contributed by atoms with van der Waals surface area (Å²) >= 11 is 3.52. The fraction of sp³-hybridized carbons (Fsp3) is 0.533. The number of hydrogen-bond donors (Lipinski definition) is 0. The molecular formula is C15H17BrO2. The molecule has 1 aliphatic heterocycles. The van der Waals surface area contributed by atoms with Gasteiger partial charge in [-0.2, -0.15) is 0 Å². The first-order valence-electron chi connectivity index (χ1n) is 6.62. The highest BCUT2D eigenvalue weighted by Crippen LogP contribution is 2.43. The van der Waals surface area contributed by atoms with E-state index in [4.69, 9.17) is 4.74 Å². The second-order valence-electron chi connectivity index (χ2n) is 5.54. The zero-order valence-electron chi connectivity index (χ0n) is 10.6. The predicted molar refractivity (Wildman–Crippen MR) is 74.3 cm³/mol. The van der Waals surface area contributed by atoms with E-state index in [0.717, 1.165) is 34.2 Å². The van der Waals surface area contributed by atoms with Gasteiger partial charge in [0.25, 0.3) is 0 Å². The standard InChI is InChI=1S/C15H17BrO2/c1-10-7-11-13(17)9-15(5-3-2-4-6-15)18-14(11)8-12(10)16/h7-8H,2-6,9H2,1H3. The number of carbonyl (C=O) groups excluding carboxylic acids is 1. The van der Waals surface area contributed by atoms with Crippen LogP contribution in [0.4, 0.5) is 0 Å². The van der Waals surface area contributed by atoms with Gasteiger partial charge in [-0.3, -0.25) is 4.79 Å². The molecule has 1 fully saturated rings. The van der Waals surface area contributed by atoms with E-state index in [1.807, 2.05) is 19.1 Å². The third-order valence-electron chi connectivity index (χ3n) is 4.14. The average molecular weight is 309 g/mol. The van der Waals surface area contributed by atoms with Gasteiger partial charge in [0.1, 0.15) is 11.4 Å². The van der Waals surface area contributed by atoms with Crippen LogP contribution in [0.1, 0.15) is 54.4 Å². The second-order valence-corrected chi connectivity index (χ2v) is 6.40. The number of benzene rings is 1. The molecule has 1 aliphatic carbocycles. The van der Waals surface area contributed by atoms with E-state index in [1.54, 1.807) is 0 Å². The fourth-order valence-electron chi connectivity index (χ4n) is 3.10. The minimum absolute atomic E-state index is 0.211. The summed E-state index contributed by atoms with van der Waals surface area (Å²) in [5.41, 5.74) is 1.63. The summed E-state index contributed by atoms with van der Waals surface area (Å²) in [7, 11) is 0. The minimum atomic E-state index is -0.211. The number of ether oxygens (including phenoxy) is 1. The molecule has 18 heavy (non-hydrogen) atoms. The highest BCUT2D eigenvalue weighted by molar-refractivity contribution is 9.10. The van der Waals surface area contributed by atoms with Gasteiger partial charge in [0.2, 0.25) is 0 Å². The molecule has 0 amide bonds. The van der Waals surface area contributed by atoms with Gasteiger partial charge >= 0.3 is 0 Å². The molecule has 0 unspecified atom stereocenters. The van der Waals surface area contributed by atoms with Crippen LogP contribution in [0.5, 0.6) is 5.75 Å². The van der Waals surface area contributed by atoms with Crippen LogP contribution in [0.3, 0.4) is 0 Å². The summed E-state index contributed by atoms with van der Waals surface area (Å²) in [6, 6.07) is 3.90. The molecule has 1 aromatic carbocycles. The van der Waals surface area contributed by atoms with E-state index < -0.39 is 0 Å². The van der Waals surface area contributed by atoms with Crippen LogP contribution in [-0.4, -0.2) is 11.4 Å². The van der Waals surface area contributed by atoms with E-state index >= 15 is 0 Å². The van der Waals surface area contributed by atoms with E-state index in [0.29, 0.717) is 6.42 Å². The molecule has 0 saturated heterocycles. The molecule has 1 saturated carbocycles. The van der Waals surface area contributed by atoms with Crippen molar-refractivity contribution < 1.29 is 9.53 Å². The fourth-order valence-corrected chi connectivity index (χ4v) is 3.42. The van der Waals surface area contributed by atoms with E-state index in [-0.39, 0.29) is 11.4 Å². The van der Waals surface area contributed by atoms with Gasteiger partial charge in [0.15, 0.2) is 5.78 Å². The molecule has 0 atom stereocenters. The number of aryl methyl sites for hydroxylation is 1. The van der Waals surface area contributed by atoms with E-state index in [9.17, 15) is 4.79 Å². The summed E-state index contributed by atoms with van der Waals surface area (Å²) in [5, 5.41) is 0. The zero-order valence-corrected chi connectivity index (χ0v) is 12.2. The maximum Gasteiger partial charge on any atom is 0.170 e. The SMILES string of the molecule is Cc1cc2c(cc1Br)OC1(CCCCC1)CC2=O. The van der Waals surface area contributed by atoms with Crippen molar-refractivity contribution >= 4 is 21.7 Å². The van der Waals surface area contributed by atoms with Crippen molar-refractivity contribution in [1.82, 2.24) is 0 Å². The van der Waals surface area contributed by atoms with Crippen molar-refractivity contribution in [3.63, 3.8) is 0 Å². The maximum atomic E-state index is 12.3. The summed E-state index contributed by atoms with van der Waals surface area (Å²) in [4.78, 5) is 12.3. The Morgan fingerprint density at radius 2 is 1.94 bits per heavy atom. The molecule has 0 N–H and O–H groups in total. The first-order chi connectivity index (χ1) is 8.60. The molecule has 1 heterocycles. The number of rotatable bonds is 0. The number of carbonyl (C=O) groups is 1. The van der Waals surface area contributed by atoms with Crippen molar-refractivity contribution in [3.8, 4) is 5.75 Å². The first kappa shape index (κ1) is 12.2. The van der Waals surface area contributed by atoms with Crippen LogP contribution in [0, 0.1) is 6.92 Å². The Labute approximate surface area is 116 Å². The maximum absolute atomic E-state index is 12.3.